The quantitative estimate of drug-likeness (QED) is 0.704. The number of hydrogen-bond acceptors (Lipinski definition) is 4. The molecule has 1 atom stereocenters. The van der Waals surface area contributed by atoms with Gasteiger partial charge >= 0.3 is 0 Å². The molecular weight excluding hydrogens is 404 g/mol. The first-order valence-corrected chi connectivity index (χ1v) is 10.5. The molecule has 6 nitrogen and oxygen atoms in total. The number of nitrogens with zero attached hydrogens (tertiary/aromatic N) is 2. The molecule has 0 aromatic heterocycles. The second-order valence-electron chi connectivity index (χ2n) is 7.30. The van der Waals surface area contributed by atoms with Crippen LogP contribution in [0.4, 0.5) is 0 Å². The molecular formula is C23H27ClN2O4. The molecule has 160 valence electrons. The molecule has 1 heterocycles. The Balaban J connectivity index is 1.52. The van der Waals surface area contributed by atoms with Gasteiger partial charge in [-0.3, -0.25) is 9.59 Å². The fraction of sp³-hybridized carbons (Fsp3) is 0.391. The Kier molecular flexibility index (Phi) is 7.57. The summed E-state index contributed by atoms with van der Waals surface area (Å²) in [5.74, 6) is 1.37. The molecule has 1 aliphatic rings. The summed E-state index contributed by atoms with van der Waals surface area (Å²) in [4.78, 5) is 29.1. The molecule has 2 aromatic carbocycles. The highest BCUT2D eigenvalue weighted by Gasteiger charge is 2.26. The van der Waals surface area contributed by atoms with Crippen LogP contribution in [0.2, 0.25) is 5.02 Å². The Labute approximate surface area is 182 Å². The Morgan fingerprint density at radius 1 is 0.933 bits per heavy atom. The lowest BCUT2D eigenvalue weighted by atomic mass is 10.1. The fourth-order valence-electron chi connectivity index (χ4n) is 3.44. The zero-order valence-electron chi connectivity index (χ0n) is 17.3. The molecule has 2 amide bonds. The summed E-state index contributed by atoms with van der Waals surface area (Å²) in [5, 5.41) is 0.619. The first-order valence-electron chi connectivity index (χ1n) is 10.1. The average molecular weight is 431 g/mol. The first kappa shape index (κ1) is 22.0. The highest BCUT2D eigenvalue weighted by Crippen LogP contribution is 2.18. The van der Waals surface area contributed by atoms with Crippen molar-refractivity contribution in [1.29, 1.82) is 0 Å². The van der Waals surface area contributed by atoms with Crippen molar-refractivity contribution in [2.45, 2.75) is 25.9 Å². The van der Waals surface area contributed by atoms with E-state index < -0.39 is 6.10 Å². The van der Waals surface area contributed by atoms with Crippen LogP contribution < -0.4 is 9.47 Å². The van der Waals surface area contributed by atoms with Gasteiger partial charge in [0.1, 0.15) is 11.5 Å². The summed E-state index contributed by atoms with van der Waals surface area (Å²) in [7, 11) is 1.62. The molecule has 30 heavy (non-hydrogen) atoms. The Hall–Kier alpha value is -2.73. The van der Waals surface area contributed by atoms with Gasteiger partial charge in [0, 0.05) is 31.2 Å². The highest BCUT2D eigenvalue weighted by atomic mass is 35.5. The topological polar surface area (TPSA) is 59.1 Å². The van der Waals surface area contributed by atoms with Crippen LogP contribution >= 0.6 is 11.6 Å². The average Bonchev–Trinajstić information content (AvgIpc) is 3.01. The molecule has 3 rings (SSSR count). The van der Waals surface area contributed by atoms with E-state index in [0.717, 1.165) is 17.7 Å². The molecule has 1 aliphatic heterocycles. The molecule has 0 N–H and O–H groups in total. The van der Waals surface area contributed by atoms with Crippen LogP contribution in [0.15, 0.2) is 48.5 Å². The van der Waals surface area contributed by atoms with Gasteiger partial charge < -0.3 is 19.3 Å². The van der Waals surface area contributed by atoms with Gasteiger partial charge in [-0.25, -0.2) is 0 Å². The van der Waals surface area contributed by atoms with Gasteiger partial charge in [0.15, 0.2) is 6.10 Å². The van der Waals surface area contributed by atoms with Crippen molar-refractivity contribution in [2.24, 2.45) is 0 Å². The van der Waals surface area contributed by atoms with Crippen LogP contribution in [0.5, 0.6) is 11.5 Å². The SMILES string of the molecule is COc1ccc(CC(=O)N2CCCN(C(=O)C(C)Oc3ccc(Cl)cc3)CC2)cc1. The molecule has 0 bridgehead atoms. The lowest BCUT2D eigenvalue weighted by Gasteiger charge is -2.25. The third-order valence-corrected chi connectivity index (χ3v) is 5.40. The minimum Gasteiger partial charge on any atom is -0.497 e. The van der Waals surface area contributed by atoms with E-state index in [9.17, 15) is 9.59 Å². The normalized spacial score (nSPS) is 15.3. The fourth-order valence-corrected chi connectivity index (χ4v) is 3.57. The van der Waals surface area contributed by atoms with Gasteiger partial charge in [0.25, 0.3) is 5.91 Å². The number of amides is 2. The van der Waals surface area contributed by atoms with Crippen LogP contribution in [-0.2, 0) is 16.0 Å². The zero-order valence-corrected chi connectivity index (χ0v) is 18.1. The van der Waals surface area contributed by atoms with E-state index in [1.807, 2.05) is 29.2 Å². The van der Waals surface area contributed by atoms with E-state index in [4.69, 9.17) is 21.1 Å². The van der Waals surface area contributed by atoms with Crippen molar-refractivity contribution in [3.63, 3.8) is 0 Å². The molecule has 0 radical (unpaired) electrons. The third kappa shape index (κ3) is 5.89. The minimum absolute atomic E-state index is 0.0694. The zero-order chi connectivity index (χ0) is 21.5. The van der Waals surface area contributed by atoms with Crippen molar-refractivity contribution in [1.82, 2.24) is 9.80 Å². The van der Waals surface area contributed by atoms with E-state index >= 15 is 0 Å². The molecule has 7 heteroatoms. The maximum atomic E-state index is 12.8. The van der Waals surface area contributed by atoms with Gasteiger partial charge in [-0.1, -0.05) is 23.7 Å². The predicted molar refractivity (Wildman–Crippen MR) is 116 cm³/mol. The lowest BCUT2D eigenvalue weighted by Crippen LogP contribution is -2.43. The Morgan fingerprint density at radius 2 is 1.53 bits per heavy atom. The summed E-state index contributed by atoms with van der Waals surface area (Å²) in [5.41, 5.74) is 0.947. The van der Waals surface area contributed by atoms with Gasteiger partial charge in [-0.15, -0.1) is 0 Å². The molecule has 1 unspecified atom stereocenters. The second-order valence-corrected chi connectivity index (χ2v) is 7.73. The monoisotopic (exact) mass is 430 g/mol. The van der Waals surface area contributed by atoms with Crippen molar-refractivity contribution >= 4 is 23.4 Å². The molecule has 0 saturated carbocycles. The maximum absolute atomic E-state index is 12.8. The Morgan fingerprint density at radius 3 is 2.20 bits per heavy atom. The number of benzene rings is 2. The maximum Gasteiger partial charge on any atom is 0.263 e. The summed E-state index contributed by atoms with van der Waals surface area (Å²) >= 11 is 5.89. The molecule has 1 saturated heterocycles. The van der Waals surface area contributed by atoms with Crippen molar-refractivity contribution in [3.05, 3.63) is 59.1 Å². The van der Waals surface area contributed by atoms with Crippen LogP contribution in [0.3, 0.4) is 0 Å². The van der Waals surface area contributed by atoms with Crippen LogP contribution in [0, 0.1) is 0 Å². The molecule has 0 aliphatic carbocycles. The molecule has 2 aromatic rings. The number of carbonyl (C=O) groups excluding carboxylic acids is 2. The van der Waals surface area contributed by atoms with E-state index in [1.54, 1.807) is 43.2 Å². The number of rotatable bonds is 6. The molecule has 1 fully saturated rings. The van der Waals surface area contributed by atoms with Crippen molar-refractivity contribution in [3.8, 4) is 11.5 Å². The number of halogens is 1. The minimum atomic E-state index is -0.604. The standard InChI is InChI=1S/C23H27ClN2O4/c1-17(30-21-10-6-19(24)7-11-21)23(28)26-13-3-12-25(14-15-26)22(27)16-18-4-8-20(29-2)9-5-18/h4-11,17H,3,12-16H2,1-2H3. The van der Waals surface area contributed by atoms with Gasteiger partial charge in [0.05, 0.1) is 13.5 Å². The van der Waals surface area contributed by atoms with Crippen LogP contribution in [-0.4, -0.2) is 61.0 Å². The van der Waals surface area contributed by atoms with Crippen LogP contribution in [0.1, 0.15) is 18.9 Å². The summed E-state index contributed by atoms with van der Waals surface area (Å²) in [6.45, 7) is 4.02. The summed E-state index contributed by atoms with van der Waals surface area (Å²) < 4.78 is 10.9. The number of hydrogen-bond donors (Lipinski definition) is 0. The van der Waals surface area contributed by atoms with E-state index in [2.05, 4.69) is 0 Å². The number of methoxy groups -OCH3 is 1. The van der Waals surface area contributed by atoms with E-state index in [0.29, 0.717) is 43.4 Å². The smallest absolute Gasteiger partial charge is 0.263 e. The van der Waals surface area contributed by atoms with E-state index in [-0.39, 0.29) is 11.8 Å². The van der Waals surface area contributed by atoms with Gasteiger partial charge in [-0.2, -0.15) is 0 Å². The Bertz CT molecular complexity index is 855. The largest absolute Gasteiger partial charge is 0.497 e. The van der Waals surface area contributed by atoms with Crippen molar-refractivity contribution in [2.75, 3.05) is 33.3 Å². The number of ether oxygens (including phenoxy) is 2. The van der Waals surface area contributed by atoms with Gasteiger partial charge in [0.2, 0.25) is 5.91 Å². The molecule has 0 spiro atoms. The summed E-state index contributed by atoms with van der Waals surface area (Å²) in [6, 6.07) is 14.5. The first-order chi connectivity index (χ1) is 14.5. The predicted octanol–water partition coefficient (Wildman–Crippen LogP) is 3.42. The lowest BCUT2D eigenvalue weighted by molar-refractivity contribution is -0.138. The highest BCUT2D eigenvalue weighted by molar-refractivity contribution is 6.30. The third-order valence-electron chi connectivity index (χ3n) is 5.15. The van der Waals surface area contributed by atoms with Crippen LogP contribution in [0.25, 0.3) is 0 Å². The number of carbonyl (C=O) groups is 2. The second kappa shape index (κ2) is 10.3. The van der Waals surface area contributed by atoms with Crippen molar-refractivity contribution < 1.29 is 19.1 Å². The van der Waals surface area contributed by atoms with Gasteiger partial charge in [-0.05, 0) is 55.3 Å². The summed E-state index contributed by atoms with van der Waals surface area (Å²) in [6.07, 6.45) is 0.481. The van der Waals surface area contributed by atoms with E-state index in [1.165, 1.54) is 0 Å².